The molecule has 0 radical (unpaired) electrons. The number of aromatic nitrogens is 2. The van der Waals surface area contributed by atoms with E-state index in [1.54, 1.807) is 25.2 Å². The molecular formula is C28H26N4O4. The van der Waals surface area contributed by atoms with E-state index < -0.39 is 6.04 Å². The van der Waals surface area contributed by atoms with Crippen LogP contribution in [0.1, 0.15) is 30.0 Å². The highest BCUT2D eigenvalue weighted by Crippen LogP contribution is 2.40. The van der Waals surface area contributed by atoms with Crippen molar-refractivity contribution in [2.24, 2.45) is 0 Å². The van der Waals surface area contributed by atoms with Crippen LogP contribution in [0.2, 0.25) is 0 Å². The summed E-state index contributed by atoms with van der Waals surface area (Å²) in [4.78, 5) is 19.7. The third-order valence-corrected chi connectivity index (χ3v) is 6.18. The van der Waals surface area contributed by atoms with Crippen molar-refractivity contribution in [1.82, 2.24) is 15.5 Å². The normalized spacial score (nSPS) is 15.6. The molecular weight excluding hydrogens is 456 g/mol. The van der Waals surface area contributed by atoms with E-state index in [9.17, 15) is 4.79 Å². The number of hydrogen-bond acceptors (Lipinski definition) is 6. The molecule has 0 saturated heterocycles. The number of methoxy groups -OCH3 is 2. The molecule has 3 aromatic carbocycles. The van der Waals surface area contributed by atoms with Gasteiger partial charge in [-0.15, -0.1) is 0 Å². The molecule has 1 aliphatic heterocycles. The van der Waals surface area contributed by atoms with Gasteiger partial charge in [0.2, 0.25) is 5.82 Å². The van der Waals surface area contributed by atoms with Gasteiger partial charge in [0, 0.05) is 17.3 Å². The number of nitrogens with zero attached hydrogens (tertiary/aromatic N) is 3. The lowest BCUT2D eigenvalue weighted by atomic mass is 9.94. The zero-order valence-electron chi connectivity index (χ0n) is 20.5. The Morgan fingerprint density at radius 1 is 0.917 bits per heavy atom. The van der Waals surface area contributed by atoms with Crippen LogP contribution in [0.3, 0.4) is 0 Å². The standard InChI is InChI=1S/C28H26N4O4/c1-17-7-5-8-20(15-17)26-30-27(36-31-26)24-18(2)32(21-9-6-10-23(16-21)35-4)28(33)29-25(24)19-11-13-22(34-3)14-12-19/h5-16,25H,1-4H3,(H,29,33). The average molecular weight is 483 g/mol. The van der Waals surface area contributed by atoms with E-state index in [4.69, 9.17) is 19.0 Å². The quantitative estimate of drug-likeness (QED) is 0.376. The number of hydrogen-bond donors (Lipinski definition) is 1. The van der Waals surface area contributed by atoms with Crippen LogP contribution in [0.15, 0.2) is 83.0 Å². The lowest BCUT2D eigenvalue weighted by Gasteiger charge is -2.35. The fraction of sp³-hybridized carbons (Fsp3) is 0.179. The number of carbonyl (C=O) groups excluding carboxylic acids is 1. The number of anilines is 1. The summed E-state index contributed by atoms with van der Waals surface area (Å²) in [7, 11) is 3.21. The Bertz CT molecular complexity index is 1440. The summed E-state index contributed by atoms with van der Waals surface area (Å²) >= 11 is 0. The topological polar surface area (TPSA) is 89.7 Å². The molecule has 0 saturated carbocycles. The van der Waals surface area contributed by atoms with Crippen LogP contribution in [0, 0.1) is 6.92 Å². The monoisotopic (exact) mass is 482 g/mol. The molecule has 1 N–H and O–H groups in total. The Balaban J connectivity index is 1.65. The van der Waals surface area contributed by atoms with E-state index in [0.29, 0.717) is 34.4 Å². The van der Waals surface area contributed by atoms with Gasteiger partial charge in [0.25, 0.3) is 5.89 Å². The minimum Gasteiger partial charge on any atom is -0.497 e. The second-order valence-electron chi connectivity index (χ2n) is 8.48. The van der Waals surface area contributed by atoms with Gasteiger partial charge in [-0.3, -0.25) is 4.90 Å². The first-order valence-corrected chi connectivity index (χ1v) is 11.5. The number of carbonyl (C=O) groups is 1. The molecule has 182 valence electrons. The molecule has 0 aliphatic carbocycles. The largest absolute Gasteiger partial charge is 0.497 e. The van der Waals surface area contributed by atoms with Crippen molar-refractivity contribution in [2.75, 3.05) is 19.1 Å². The summed E-state index contributed by atoms with van der Waals surface area (Å²) in [6, 6.07) is 22.0. The Morgan fingerprint density at radius 3 is 2.39 bits per heavy atom. The maximum atomic E-state index is 13.4. The Hall–Kier alpha value is -4.59. The molecule has 1 aliphatic rings. The van der Waals surface area contributed by atoms with Gasteiger partial charge in [-0.2, -0.15) is 4.98 Å². The van der Waals surface area contributed by atoms with E-state index in [1.165, 1.54) is 0 Å². The van der Waals surface area contributed by atoms with Crippen molar-refractivity contribution < 1.29 is 18.8 Å². The first kappa shape index (κ1) is 23.2. The zero-order chi connectivity index (χ0) is 25.2. The molecule has 8 heteroatoms. The van der Waals surface area contributed by atoms with Crippen molar-refractivity contribution in [2.45, 2.75) is 19.9 Å². The molecule has 1 aromatic heterocycles. The molecule has 1 unspecified atom stereocenters. The first-order chi connectivity index (χ1) is 17.5. The van der Waals surface area contributed by atoms with Crippen molar-refractivity contribution in [1.29, 1.82) is 0 Å². The molecule has 4 aromatic rings. The van der Waals surface area contributed by atoms with Crippen LogP contribution >= 0.6 is 0 Å². The lowest BCUT2D eigenvalue weighted by molar-refractivity contribution is 0.244. The van der Waals surface area contributed by atoms with Crippen molar-refractivity contribution in [3.05, 3.63) is 95.5 Å². The number of ether oxygens (including phenoxy) is 2. The number of aryl methyl sites for hydroxylation is 1. The van der Waals surface area contributed by atoms with Gasteiger partial charge in [-0.1, -0.05) is 47.1 Å². The number of nitrogens with one attached hydrogen (secondary N) is 1. The highest BCUT2D eigenvalue weighted by atomic mass is 16.5. The van der Waals surface area contributed by atoms with Crippen molar-refractivity contribution in [3.8, 4) is 22.9 Å². The van der Waals surface area contributed by atoms with Gasteiger partial charge < -0.3 is 19.3 Å². The average Bonchev–Trinajstić information content (AvgIpc) is 3.38. The number of urea groups is 1. The van der Waals surface area contributed by atoms with Gasteiger partial charge in [-0.25, -0.2) is 4.79 Å². The van der Waals surface area contributed by atoms with Crippen LogP contribution in [0.4, 0.5) is 10.5 Å². The number of amides is 2. The second kappa shape index (κ2) is 9.58. The van der Waals surface area contributed by atoms with E-state index >= 15 is 0 Å². The summed E-state index contributed by atoms with van der Waals surface area (Å²) in [5.74, 6) is 2.18. The summed E-state index contributed by atoms with van der Waals surface area (Å²) in [5, 5.41) is 7.36. The fourth-order valence-electron chi connectivity index (χ4n) is 4.36. The first-order valence-electron chi connectivity index (χ1n) is 11.5. The highest BCUT2D eigenvalue weighted by Gasteiger charge is 2.36. The molecule has 1 atom stereocenters. The third kappa shape index (κ3) is 4.29. The fourth-order valence-corrected chi connectivity index (χ4v) is 4.36. The van der Waals surface area contributed by atoms with E-state index in [1.807, 2.05) is 80.6 Å². The predicted octanol–water partition coefficient (Wildman–Crippen LogP) is 5.76. The molecule has 36 heavy (non-hydrogen) atoms. The molecule has 0 bridgehead atoms. The van der Waals surface area contributed by atoms with Crippen molar-refractivity contribution in [3.63, 3.8) is 0 Å². The summed E-state index contributed by atoms with van der Waals surface area (Å²) < 4.78 is 16.5. The van der Waals surface area contributed by atoms with Crippen LogP contribution in [0.25, 0.3) is 17.0 Å². The number of rotatable bonds is 6. The lowest BCUT2D eigenvalue weighted by Crippen LogP contribution is -2.46. The van der Waals surface area contributed by atoms with Gasteiger partial charge >= 0.3 is 6.03 Å². The van der Waals surface area contributed by atoms with Crippen LogP contribution in [-0.4, -0.2) is 30.4 Å². The van der Waals surface area contributed by atoms with Gasteiger partial charge in [-0.05, 0) is 49.7 Å². The predicted molar refractivity (Wildman–Crippen MR) is 137 cm³/mol. The maximum absolute atomic E-state index is 13.4. The molecule has 8 nitrogen and oxygen atoms in total. The molecule has 0 fully saturated rings. The Labute approximate surface area is 209 Å². The zero-order valence-corrected chi connectivity index (χ0v) is 20.5. The third-order valence-electron chi connectivity index (χ3n) is 6.18. The van der Waals surface area contributed by atoms with Gasteiger partial charge in [0.05, 0.1) is 31.5 Å². The number of benzene rings is 3. The summed E-state index contributed by atoms with van der Waals surface area (Å²) in [6.45, 7) is 3.89. The van der Waals surface area contributed by atoms with E-state index in [2.05, 4.69) is 10.5 Å². The SMILES string of the molecule is COc1ccc(C2NC(=O)N(c3cccc(OC)c3)C(C)=C2c2nc(-c3cccc(C)c3)no2)cc1. The molecule has 2 amide bonds. The second-order valence-corrected chi connectivity index (χ2v) is 8.48. The van der Waals surface area contributed by atoms with Crippen LogP contribution < -0.4 is 19.7 Å². The van der Waals surface area contributed by atoms with E-state index in [-0.39, 0.29) is 6.03 Å². The number of allylic oxidation sites excluding steroid dienone is 1. The Morgan fingerprint density at radius 2 is 1.67 bits per heavy atom. The summed E-state index contributed by atoms with van der Waals surface area (Å²) in [6.07, 6.45) is 0. The highest BCUT2D eigenvalue weighted by molar-refractivity contribution is 6.01. The smallest absolute Gasteiger partial charge is 0.327 e. The van der Waals surface area contributed by atoms with Crippen molar-refractivity contribution >= 4 is 17.3 Å². The molecule has 2 heterocycles. The van der Waals surface area contributed by atoms with Crippen LogP contribution in [-0.2, 0) is 0 Å². The Kier molecular flexibility index (Phi) is 6.16. The minimum absolute atomic E-state index is 0.274. The van der Waals surface area contributed by atoms with Gasteiger partial charge in [0.15, 0.2) is 0 Å². The summed E-state index contributed by atoms with van der Waals surface area (Å²) in [5.41, 5.74) is 4.85. The maximum Gasteiger partial charge on any atom is 0.327 e. The molecule has 5 rings (SSSR count). The van der Waals surface area contributed by atoms with Gasteiger partial charge in [0.1, 0.15) is 11.5 Å². The minimum atomic E-state index is -0.504. The van der Waals surface area contributed by atoms with Crippen LogP contribution in [0.5, 0.6) is 11.5 Å². The van der Waals surface area contributed by atoms with E-state index in [0.717, 1.165) is 22.4 Å². The molecule has 0 spiro atoms.